The van der Waals surface area contributed by atoms with Gasteiger partial charge < -0.3 is 9.73 Å². The maximum absolute atomic E-state index is 5.52. The molecule has 18 heavy (non-hydrogen) atoms. The molecule has 0 amide bonds. The molecule has 2 aromatic heterocycles. The van der Waals surface area contributed by atoms with Crippen LogP contribution in [0.5, 0.6) is 0 Å². The van der Waals surface area contributed by atoms with Crippen molar-refractivity contribution in [1.82, 2.24) is 15.1 Å². The van der Waals surface area contributed by atoms with Crippen LogP contribution in [0.25, 0.3) is 0 Å². The first-order valence-corrected chi connectivity index (χ1v) is 6.71. The summed E-state index contributed by atoms with van der Waals surface area (Å²) in [4.78, 5) is 0. The van der Waals surface area contributed by atoms with Crippen LogP contribution in [0.3, 0.4) is 0 Å². The van der Waals surface area contributed by atoms with E-state index in [2.05, 4.69) is 47.1 Å². The van der Waals surface area contributed by atoms with E-state index < -0.39 is 0 Å². The lowest BCUT2D eigenvalue weighted by molar-refractivity contribution is 0.385. The second-order valence-electron chi connectivity index (χ2n) is 5.33. The highest BCUT2D eigenvalue weighted by Crippen LogP contribution is 2.15. The molecule has 5 heteroatoms. The molecule has 2 rings (SSSR count). The van der Waals surface area contributed by atoms with E-state index in [1.54, 1.807) is 12.5 Å². The minimum atomic E-state index is 0.0821. The molecule has 0 spiro atoms. The van der Waals surface area contributed by atoms with Gasteiger partial charge >= 0.3 is 0 Å². The Labute approximate surface area is 115 Å². The largest absolute Gasteiger partial charge is 0.468 e. The molecule has 0 aliphatic heterocycles. The summed E-state index contributed by atoms with van der Waals surface area (Å²) in [5.41, 5.74) is 1.24. The van der Waals surface area contributed by atoms with Crippen molar-refractivity contribution in [2.45, 2.75) is 39.4 Å². The van der Waals surface area contributed by atoms with E-state index >= 15 is 0 Å². The van der Waals surface area contributed by atoms with Gasteiger partial charge in [-0.1, -0.05) is 0 Å². The van der Waals surface area contributed by atoms with Crippen molar-refractivity contribution in [3.8, 4) is 0 Å². The Kier molecular flexibility index (Phi) is 3.92. The molecule has 0 radical (unpaired) electrons. The Balaban J connectivity index is 2.03. The van der Waals surface area contributed by atoms with Gasteiger partial charge in [-0.2, -0.15) is 5.10 Å². The molecule has 98 valence electrons. The van der Waals surface area contributed by atoms with Crippen LogP contribution in [0.4, 0.5) is 0 Å². The summed E-state index contributed by atoms with van der Waals surface area (Å²) in [6.07, 6.45) is 5.47. The molecule has 0 saturated carbocycles. The Morgan fingerprint density at radius 1 is 1.44 bits per heavy atom. The number of halogens is 1. The van der Waals surface area contributed by atoms with Crippen LogP contribution in [0, 0.1) is 0 Å². The van der Waals surface area contributed by atoms with Crippen molar-refractivity contribution in [2.75, 3.05) is 0 Å². The predicted molar refractivity (Wildman–Crippen MR) is 74.3 cm³/mol. The lowest BCUT2D eigenvalue weighted by Gasteiger charge is -2.20. The van der Waals surface area contributed by atoms with Crippen LogP contribution in [0.1, 0.15) is 32.1 Å². The topological polar surface area (TPSA) is 43.0 Å². The number of nitrogens with zero attached hydrogens (tertiary/aromatic N) is 2. The average molecular weight is 312 g/mol. The normalized spacial score (nSPS) is 12.0. The summed E-state index contributed by atoms with van der Waals surface area (Å²) < 4.78 is 8.39. The van der Waals surface area contributed by atoms with Crippen LogP contribution in [0.15, 0.2) is 33.6 Å². The zero-order chi connectivity index (χ0) is 13.2. The number of nitrogens with one attached hydrogen (secondary N) is 1. The first kappa shape index (κ1) is 13.4. The fraction of sp³-hybridized carbons (Fsp3) is 0.462. The molecule has 0 unspecified atom stereocenters. The van der Waals surface area contributed by atoms with Gasteiger partial charge in [0.15, 0.2) is 0 Å². The van der Waals surface area contributed by atoms with Crippen LogP contribution in [-0.2, 0) is 13.1 Å². The highest BCUT2D eigenvalue weighted by Gasteiger charge is 2.13. The SMILES string of the molecule is CC(C)(C)NCc1occc1Cn1cc(Br)cn1. The molecule has 0 aromatic carbocycles. The Morgan fingerprint density at radius 2 is 2.22 bits per heavy atom. The third-order valence-electron chi connectivity index (χ3n) is 2.55. The van der Waals surface area contributed by atoms with Crippen molar-refractivity contribution in [1.29, 1.82) is 0 Å². The quantitative estimate of drug-likeness (QED) is 0.943. The van der Waals surface area contributed by atoms with Crippen molar-refractivity contribution in [2.24, 2.45) is 0 Å². The van der Waals surface area contributed by atoms with E-state index in [4.69, 9.17) is 4.42 Å². The summed E-state index contributed by atoms with van der Waals surface area (Å²) in [7, 11) is 0. The van der Waals surface area contributed by atoms with Gasteiger partial charge in [0.05, 0.1) is 30.0 Å². The second kappa shape index (κ2) is 5.28. The predicted octanol–water partition coefficient (Wildman–Crippen LogP) is 3.18. The molecular weight excluding hydrogens is 294 g/mol. The van der Waals surface area contributed by atoms with Gasteiger partial charge in [-0.05, 0) is 42.8 Å². The van der Waals surface area contributed by atoms with Crippen molar-refractivity contribution >= 4 is 15.9 Å². The van der Waals surface area contributed by atoms with Crippen LogP contribution >= 0.6 is 15.9 Å². The van der Waals surface area contributed by atoms with Gasteiger partial charge in [0, 0.05) is 17.3 Å². The molecule has 0 aliphatic rings. The van der Waals surface area contributed by atoms with E-state index in [1.807, 2.05) is 16.9 Å². The van der Waals surface area contributed by atoms with E-state index in [1.165, 1.54) is 0 Å². The summed E-state index contributed by atoms with van der Waals surface area (Å²) in [6.45, 7) is 7.87. The summed E-state index contributed by atoms with van der Waals surface area (Å²) in [6, 6.07) is 2.00. The smallest absolute Gasteiger partial charge is 0.122 e. The number of aromatic nitrogens is 2. The first-order valence-electron chi connectivity index (χ1n) is 5.92. The molecule has 4 nitrogen and oxygen atoms in total. The first-order chi connectivity index (χ1) is 8.44. The standard InChI is InChI=1S/C13H18BrN3O/c1-13(2,3)15-7-12-10(4-5-18-12)8-17-9-11(14)6-16-17/h4-6,9,15H,7-8H2,1-3H3. The number of hydrogen-bond acceptors (Lipinski definition) is 3. The van der Waals surface area contributed by atoms with Gasteiger partial charge in [0.1, 0.15) is 5.76 Å². The summed E-state index contributed by atoms with van der Waals surface area (Å²) in [5, 5.41) is 7.67. The highest BCUT2D eigenvalue weighted by atomic mass is 79.9. The van der Waals surface area contributed by atoms with Gasteiger partial charge in [-0.3, -0.25) is 4.68 Å². The van der Waals surface area contributed by atoms with Crippen molar-refractivity contribution < 1.29 is 4.42 Å². The summed E-state index contributed by atoms with van der Waals surface area (Å²) in [5.74, 6) is 0.969. The summed E-state index contributed by atoms with van der Waals surface area (Å²) >= 11 is 3.39. The van der Waals surface area contributed by atoms with E-state index in [-0.39, 0.29) is 5.54 Å². The van der Waals surface area contributed by atoms with Gasteiger partial charge in [-0.25, -0.2) is 0 Å². The second-order valence-corrected chi connectivity index (χ2v) is 6.24. The van der Waals surface area contributed by atoms with Crippen LogP contribution < -0.4 is 5.32 Å². The minimum absolute atomic E-state index is 0.0821. The lowest BCUT2D eigenvalue weighted by Crippen LogP contribution is -2.35. The van der Waals surface area contributed by atoms with Gasteiger partial charge in [-0.15, -0.1) is 0 Å². The third-order valence-corrected chi connectivity index (χ3v) is 2.96. The molecule has 0 atom stereocenters. The highest BCUT2D eigenvalue weighted by molar-refractivity contribution is 9.10. The molecule has 2 heterocycles. The van der Waals surface area contributed by atoms with Gasteiger partial charge in [0.25, 0.3) is 0 Å². The monoisotopic (exact) mass is 311 g/mol. The van der Waals surface area contributed by atoms with Crippen LogP contribution in [-0.4, -0.2) is 15.3 Å². The molecule has 0 bridgehead atoms. The number of furan rings is 1. The Hall–Kier alpha value is -1.07. The molecule has 0 aliphatic carbocycles. The minimum Gasteiger partial charge on any atom is -0.468 e. The van der Waals surface area contributed by atoms with Crippen LogP contribution in [0.2, 0.25) is 0 Å². The fourth-order valence-electron chi connectivity index (χ4n) is 1.61. The average Bonchev–Trinajstić information content (AvgIpc) is 2.85. The number of rotatable bonds is 4. The van der Waals surface area contributed by atoms with E-state index in [0.717, 1.165) is 28.9 Å². The zero-order valence-electron chi connectivity index (χ0n) is 10.9. The number of hydrogen-bond donors (Lipinski definition) is 1. The third kappa shape index (κ3) is 3.71. The van der Waals surface area contributed by atoms with Gasteiger partial charge in [0.2, 0.25) is 0 Å². The Bertz CT molecular complexity index is 510. The van der Waals surface area contributed by atoms with Crippen molar-refractivity contribution in [3.05, 3.63) is 40.5 Å². The molecular formula is C13H18BrN3O. The van der Waals surface area contributed by atoms with E-state index in [0.29, 0.717) is 0 Å². The molecule has 0 fully saturated rings. The molecule has 0 saturated heterocycles. The molecule has 2 aromatic rings. The fourth-order valence-corrected chi connectivity index (χ4v) is 1.94. The lowest BCUT2D eigenvalue weighted by atomic mass is 10.1. The maximum atomic E-state index is 5.52. The van der Waals surface area contributed by atoms with E-state index in [9.17, 15) is 0 Å². The molecule has 1 N–H and O–H groups in total. The Morgan fingerprint density at radius 3 is 2.83 bits per heavy atom. The van der Waals surface area contributed by atoms with Crippen molar-refractivity contribution in [3.63, 3.8) is 0 Å². The maximum Gasteiger partial charge on any atom is 0.122 e. The zero-order valence-corrected chi connectivity index (χ0v) is 12.5.